The lowest BCUT2D eigenvalue weighted by molar-refractivity contribution is 0.166. The molecule has 1 heterocycles. The van der Waals surface area contributed by atoms with Gasteiger partial charge in [0, 0.05) is 18.9 Å². The molecule has 1 aromatic heterocycles. The van der Waals surface area contributed by atoms with Crippen molar-refractivity contribution in [2.24, 2.45) is 0 Å². The fraction of sp³-hybridized carbons (Fsp3) is 0.333. The molecule has 1 aromatic carbocycles. The molecule has 3 nitrogen and oxygen atoms in total. The number of phenols is 1. The number of benzene rings is 1. The maximum absolute atomic E-state index is 9.89. The molecular formula is C15H19NO2. The molecule has 3 heteroatoms. The summed E-state index contributed by atoms with van der Waals surface area (Å²) in [5, 5.41) is 19.1. The zero-order chi connectivity index (χ0) is 13.0. The number of aromatic hydroxyl groups is 1. The Kier molecular flexibility index (Phi) is 4.05. The van der Waals surface area contributed by atoms with Crippen molar-refractivity contribution >= 4 is 0 Å². The van der Waals surface area contributed by atoms with Gasteiger partial charge >= 0.3 is 0 Å². The van der Waals surface area contributed by atoms with Gasteiger partial charge in [-0.1, -0.05) is 25.5 Å². The van der Waals surface area contributed by atoms with Crippen LogP contribution in [0.3, 0.4) is 0 Å². The Labute approximate surface area is 107 Å². The summed E-state index contributed by atoms with van der Waals surface area (Å²) < 4.78 is 2.04. The van der Waals surface area contributed by atoms with Crippen molar-refractivity contribution in [1.82, 2.24) is 4.57 Å². The number of aliphatic hydroxyl groups is 1. The van der Waals surface area contributed by atoms with Gasteiger partial charge in [-0.15, -0.1) is 0 Å². The van der Waals surface area contributed by atoms with Crippen LogP contribution in [-0.2, 0) is 6.54 Å². The highest BCUT2D eigenvalue weighted by molar-refractivity contribution is 5.26. The van der Waals surface area contributed by atoms with E-state index in [4.69, 9.17) is 0 Å². The van der Waals surface area contributed by atoms with Crippen LogP contribution in [0.4, 0.5) is 0 Å². The largest absolute Gasteiger partial charge is 0.508 e. The predicted octanol–water partition coefficient (Wildman–Crippen LogP) is 3.08. The van der Waals surface area contributed by atoms with Gasteiger partial charge in [-0.25, -0.2) is 0 Å². The predicted molar refractivity (Wildman–Crippen MR) is 71.5 cm³/mol. The summed E-state index contributed by atoms with van der Waals surface area (Å²) in [6.07, 6.45) is 5.36. The van der Waals surface area contributed by atoms with Gasteiger partial charge in [0.05, 0.1) is 6.10 Å². The van der Waals surface area contributed by atoms with E-state index in [2.05, 4.69) is 6.92 Å². The molecule has 2 aromatic rings. The van der Waals surface area contributed by atoms with Crippen LogP contribution in [0.25, 0.3) is 0 Å². The van der Waals surface area contributed by atoms with Crippen molar-refractivity contribution in [3.63, 3.8) is 0 Å². The number of aliphatic hydroxyl groups excluding tert-OH is 1. The standard InChI is InChI=1S/C15H19NO2/c1-2-3-15(18)13-8-9-16(11-13)10-12-4-6-14(17)7-5-12/h4-9,11,15,17-18H,2-3,10H2,1H3. The lowest BCUT2D eigenvalue weighted by Crippen LogP contribution is -1.98. The van der Waals surface area contributed by atoms with E-state index < -0.39 is 0 Å². The number of hydrogen-bond acceptors (Lipinski definition) is 2. The SMILES string of the molecule is CCCC(O)c1ccn(Cc2ccc(O)cc2)c1. The minimum atomic E-state index is -0.365. The summed E-state index contributed by atoms with van der Waals surface area (Å²) in [6, 6.07) is 9.13. The first-order valence-corrected chi connectivity index (χ1v) is 6.30. The van der Waals surface area contributed by atoms with Crippen molar-refractivity contribution in [1.29, 1.82) is 0 Å². The molecule has 0 aliphatic heterocycles. The van der Waals surface area contributed by atoms with Crippen LogP contribution in [0.5, 0.6) is 5.75 Å². The third kappa shape index (κ3) is 3.14. The van der Waals surface area contributed by atoms with Crippen molar-refractivity contribution in [3.05, 3.63) is 53.9 Å². The van der Waals surface area contributed by atoms with Gasteiger partial charge in [0.25, 0.3) is 0 Å². The molecule has 0 aliphatic carbocycles. The minimum absolute atomic E-state index is 0.283. The van der Waals surface area contributed by atoms with E-state index in [0.29, 0.717) is 0 Å². The number of nitrogens with zero attached hydrogens (tertiary/aromatic N) is 1. The second kappa shape index (κ2) is 5.74. The fourth-order valence-corrected chi connectivity index (χ4v) is 2.01. The molecule has 0 saturated carbocycles. The molecule has 2 rings (SSSR count). The van der Waals surface area contributed by atoms with E-state index in [-0.39, 0.29) is 11.9 Å². The van der Waals surface area contributed by atoms with Crippen molar-refractivity contribution in [2.75, 3.05) is 0 Å². The molecule has 2 N–H and O–H groups in total. The molecule has 18 heavy (non-hydrogen) atoms. The van der Waals surface area contributed by atoms with Gasteiger partial charge in [0.15, 0.2) is 0 Å². The van der Waals surface area contributed by atoms with Crippen LogP contribution in [0.15, 0.2) is 42.7 Å². The highest BCUT2D eigenvalue weighted by atomic mass is 16.3. The van der Waals surface area contributed by atoms with Crippen LogP contribution in [0.2, 0.25) is 0 Å². The molecule has 0 saturated heterocycles. The van der Waals surface area contributed by atoms with E-state index in [9.17, 15) is 10.2 Å². The third-order valence-corrected chi connectivity index (χ3v) is 3.02. The minimum Gasteiger partial charge on any atom is -0.508 e. The Morgan fingerprint density at radius 2 is 1.89 bits per heavy atom. The molecule has 0 bridgehead atoms. The maximum Gasteiger partial charge on any atom is 0.115 e. The molecule has 1 atom stereocenters. The van der Waals surface area contributed by atoms with Crippen molar-refractivity contribution < 1.29 is 10.2 Å². The van der Waals surface area contributed by atoms with E-state index in [1.807, 2.05) is 35.2 Å². The van der Waals surface area contributed by atoms with E-state index in [1.165, 1.54) is 0 Å². The average Bonchev–Trinajstić information content (AvgIpc) is 2.81. The van der Waals surface area contributed by atoms with Crippen LogP contribution in [0.1, 0.15) is 37.0 Å². The molecule has 0 aliphatic rings. The van der Waals surface area contributed by atoms with Gasteiger partial charge in [0.1, 0.15) is 5.75 Å². The van der Waals surface area contributed by atoms with E-state index in [1.54, 1.807) is 12.1 Å². The Morgan fingerprint density at radius 1 is 1.17 bits per heavy atom. The second-order valence-corrected chi connectivity index (χ2v) is 4.59. The fourth-order valence-electron chi connectivity index (χ4n) is 2.01. The summed E-state index contributed by atoms with van der Waals surface area (Å²) in [5.74, 6) is 0.283. The third-order valence-electron chi connectivity index (χ3n) is 3.02. The zero-order valence-corrected chi connectivity index (χ0v) is 10.6. The average molecular weight is 245 g/mol. The molecule has 96 valence electrons. The smallest absolute Gasteiger partial charge is 0.115 e. The monoisotopic (exact) mass is 245 g/mol. The molecule has 0 spiro atoms. The lowest BCUT2D eigenvalue weighted by Gasteiger charge is -2.07. The second-order valence-electron chi connectivity index (χ2n) is 4.59. The highest BCUT2D eigenvalue weighted by Gasteiger charge is 2.07. The number of aromatic nitrogens is 1. The number of phenolic OH excluding ortho intramolecular Hbond substituents is 1. The maximum atomic E-state index is 9.89. The topological polar surface area (TPSA) is 45.4 Å². The van der Waals surface area contributed by atoms with Crippen LogP contribution < -0.4 is 0 Å². The normalized spacial score (nSPS) is 12.6. The number of hydrogen-bond donors (Lipinski definition) is 2. The van der Waals surface area contributed by atoms with E-state index >= 15 is 0 Å². The summed E-state index contributed by atoms with van der Waals surface area (Å²) in [6.45, 7) is 2.82. The first kappa shape index (κ1) is 12.7. The first-order chi connectivity index (χ1) is 8.69. The first-order valence-electron chi connectivity index (χ1n) is 6.30. The van der Waals surface area contributed by atoms with Gasteiger partial charge in [-0.3, -0.25) is 0 Å². The quantitative estimate of drug-likeness (QED) is 0.850. The van der Waals surface area contributed by atoms with Crippen LogP contribution in [-0.4, -0.2) is 14.8 Å². The Balaban J connectivity index is 2.04. The molecule has 0 fully saturated rings. The summed E-state index contributed by atoms with van der Waals surface area (Å²) in [4.78, 5) is 0. The van der Waals surface area contributed by atoms with Gasteiger partial charge in [0.2, 0.25) is 0 Å². The molecule has 1 unspecified atom stereocenters. The van der Waals surface area contributed by atoms with Gasteiger partial charge in [-0.05, 0) is 35.7 Å². The summed E-state index contributed by atoms with van der Waals surface area (Å²) >= 11 is 0. The summed E-state index contributed by atoms with van der Waals surface area (Å²) in [7, 11) is 0. The Hall–Kier alpha value is -1.74. The van der Waals surface area contributed by atoms with Gasteiger partial charge in [-0.2, -0.15) is 0 Å². The Morgan fingerprint density at radius 3 is 2.56 bits per heavy atom. The van der Waals surface area contributed by atoms with Crippen molar-refractivity contribution in [2.45, 2.75) is 32.4 Å². The number of rotatable bonds is 5. The molecule has 0 amide bonds. The highest BCUT2D eigenvalue weighted by Crippen LogP contribution is 2.19. The molecule has 0 radical (unpaired) electrons. The Bertz CT molecular complexity index is 487. The van der Waals surface area contributed by atoms with Crippen molar-refractivity contribution in [3.8, 4) is 5.75 Å². The zero-order valence-electron chi connectivity index (χ0n) is 10.6. The van der Waals surface area contributed by atoms with Crippen LogP contribution >= 0.6 is 0 Å². The van der Waals surface area contributed by atoms with Gasteiger partial charge < -0.3 is 14.8 Å². The van der Waals surface area contributed by atoms with E-state index in [0.717, 1.165) is 30.5 Å². The molecular weight excluding hydrogens is 226 g/mol. The summed E-state index contributed by atoms with van der Waals surface area (Å²) in [5.41, 5.74) is 2.09. The lowest BCUT2D eigenvalue weighted by atomic mass is 10.1. The van der Waals surface area contributed by atoms with Crippen LogP contribution in [0, 0.1) is 0 Å².